The maximum atomic E-state index is 12.3. The minimum absolute atomic E-state index is 0.0696. The van der Waals surface area contributed by atoms with E-state index in [1.54, 1.807) is 13.1 Å². The van der Waals surface area contributed by atoms with E-state index in [0.29, 0.717) is 0 Å². The lowest BCUT2D eigenvalue weighted by atomic mass is 10.1. The average molecular weight is 382 g/mol. The maximum absolute atomic E-state index is 12.3. The Labute approximate surface area is 162 Å². The van der Waals surface area contributed by atoms with Crippen molar-refractivity contribution >= 4 is 34.8 Å². The van der Waals surface area contributed by atoms with Crippen LogP contribution in [0.1, 0.15) is 18.1 Å². The topological polar surface area (TPSA) is 75.5 Å². The maximum Gasteiger partial charge on any atom is 0.243 e. The summed E-state index contributed by atoms with van der Waals surface area (Å²) < 4.78 is 1.93. The second-order valence-electron chi connectivity index (χ2n) is 6.33. The molecular weight excluding hydrogens is 360 g/mol. The molecule has 2 heterocycles. The van der Waals surface area contributed by atoms with Gasteiger partial charge in [0.2, 0.25) is 11.8 Å². The molecule has 0 fully saturated rings. The first-order chi connectivity index (χ1) is 13.0. The Morgan fingerprint density at radius 1 is 1.15 bits per heavy atom. The number of carbonyl (C=O) groups excluding carboxylic acids is 2. The van der Waals surface area contributed by atoms with Gasteiger partial charge in [0, 0.05) is 11.9 Å². The van der Waals surface area contributed by atoms with Gasteiger partial charge in [-0.2, -0.15) is 0 Å². The molecule has 2 amide bonds. The summed E-state index contributed by atoms with van der Waals surface area (Å²) in [6.07, 6.45) is 3.68. The third-order valence-electron chi connectivity index (χ3n) is 4.22. The third-order valence-corrected chi connectivity index (χ3v) is 5.31. The highest BCUT2D eigenvalue weighted by molar-refractivity contribution is 8.00. The minimum atomic E-state index is -0.371. The number of imidazole rings is 1. The summed E-state index contributed by atoms with van der Waals surface area (Å²) in [7, 11) is 0. The summed E-state index contributed by atoms with van der Waals surface area (Å²) in [6, 6.07) is 11.6. The number of hydrogen-bond donors (Lipinski definition) is 2. The van der Waals surface area contributed by atoms with Crippen molar-refractivity contribution in [1.82, 2.24) is 14.7 Å². The van der Waals surface area contributed by atoms with Crippen LogP contribution in [0.5, 0.6) is 0 Å². The number of aryl methyl sites for hydroxylation is 2. The number of nitrogens with zero attached hydrogens (tertiary/aromatic N) is 2. The van der Waals surface area contributed by atoms with Gasteiger partial charge in [0.15, 0.2) is 5.16 Å². The van der Waals surface area contributed by atoms with Gasteiger partial charge >= 0.3 is 0 Å². The fraction of sp³-hybridized carbons (Fsp3) is 0.250. The van der Waals surface area contributed by atoms with E-state index >= 15 is 0 Å². The molecule has 2 N–H and O–H groups in total. The highest BCUT2D eigenvalue weighted by Crippen LogP contribution is 2.23. The quantitative estimate of drug-likeness (QED) is 0.642. The van der Waals surface area contributed by atoms with Crippen LogP contribution in [0.15, 0.2) is 53.9 Å². The Morgan fingerprint density at radius 2 is 1.89 bits per heavy atom. The highest BCUT2D eigenvalue weighted by Gasteiger charge is 2.18. The number of para-hydroxylation sites is 1. The molecule has 0 bridgehead atoms. The van der Waals surface area contributed by atoms with E-state index < -0.39 is 0 Å². The predicted molar refractivity (Wildman–Crippen MR) is 108 cm³/mol. The zero-order valence-electron chi connectivity index (χ0n) is 15.5. The van der Waals surface area contributed by atoms with Crippen molar-refractivity contribution < 1.29 is 9.59 Å². The number of benzene rings is 1. The first-order valence-electron chi connectivity index (χ1n) is 8.68. The summed E-state index contributed by atoms with van der Waals surface area (Å²) in [5, 5.41) is 5.93. The molecule has 3 rings (SSSR count). The summed E-state index contributed by atoms with van der Waals surface area (Å²) in [4.78, 5) is 28.9. The Morgan fingerprint density at radius 3 is 2.63 bits per heavy atom. The molecule has 0 aliphatic rings. The zero-order chi connectivity index (χ0) is 19.4. The number of pyridine rings is 1. The van der Waals surface area contributed by atoms with Crippen LogP contribution >= 0.6 is 11.8 Å². The van der Waals surface area contributed by atoms with Gasteiger partial charge in [-0.05, 0) is 44.0 Å². The van der Waals surface area contributed by atoms with E-state index in [0.717, 1.165) is 27.5 Å². The molecule has 0 saturated carbocycles. The molecular formula is C20H22N4O2S. The number of amides is 2. The van der Waals surface area contributed by atoms with Crippen LogP contribution in [0.4, 0.5) is 5.69 Å². The number of aromatic nitrogens is 2. The summed E-state index contributed by atoms with van der Waals surface area (Å²) >= 11 is 1.36. The van der Waals surface area contributed by atoms with E-state index in [1.807, 2.05) is 60.8 Å². The monoisotopic (exact) mass is 382 g/mol. The van der Waals surface area contributed by atoms with Gasteiger partial charge in [-0.3, -0.25) is 14.0 Å². The molecule has 1 atom stereocenters. The molecule has 0 aliphatic heterocycles. The molecule has 1 aromatic carbocycles. The normalized spacial score (nSPS) is 12.0. The molecule has 27 heavy (non-hydrogen) atoms. The summed E-state index contributed by atoms with van der Waals surface area (Å²) in [5.41, 5.74) is 3.75. The molecule has 0 spiro atoms. The Hall–Kier alpha value is -2.80. The van der Waals surface area contributed by atoms with Crippen LogP contribution in [0.2, 0.25) is 0 Å². The van der Waals surface area contributed by atoms with E-state index in [4.69, 9.17) is 0 Å². The first kappa shape index (κ1) is 19.0. The lowest BCUT2D eigenvalue weighted by Gasteiger charge is -2.13. The second-order valence-corrected chi connectivity index (χ2v) is 7.64. The minimum Gasteiger partial charge on any atom is -0.346 e. The van der Waals surface area contributed by atoms with Crippen LogP contribution in [0.25, 0.3) is 5.52 Å². The highest BCUT2D eigenvalue weighted by atomic mass is 32.2. The molecule has 6 nitrogen and oxygen atoms in total. The number of carbonyl (C=O) groups is 2. The molecule has 2 aromatic heterocycles. The van der Waals surface area contributed by atoms with Gasteiger partial charge in [-0.15, -0.1) is 0 Å². The van der Waals surface area contributed by atoms with E-state index in [-0.39, 0.29) is 23.6 Å². The average Bonchev–Trinajstić information content (AvgIpc) is 3.06. The predicted octanol–water partition coefficient (Wildman–Crippen LogP) is 3.19. The van der Waals surface area contributed by atoms with Gasteiger partial charge < -0.3 is 10.6 Å². The molecule has 0 saturated heterocycles. The van der Waals surface area contributed by atoms with Crippen molar-refractivity contribution in [2.75, 3.05) is 11.9 Å². The molecule has 140 valence electrons. The number of fused-ring (bicyclic) bond motifs is 1. The van der Waals surface area contributed by atoms with Gasteiger partial charge in [0.1, 0.15) is 0 Å². The molecule has 7 heteroatoms. The Balaban J connectivity index is 1.55. The van der Waals surface area contributed by atoms with Crippen LogP contribution in [0, 0.1) is 13.8 Å². The van der Waals surface area contributed by atoms with Crippen LogP contribution in [-0.2, 0) is 9.59 Å². The van der Waals surface area contributed by atoms with Crippen molar-refractivity contribution in [2.45, 2.75) is 31.2 Å². The van der Waals surface area contributed by atoms with E-state index in [1.165, 1.54) is 11.8 Å². The SMILES string of the molecule is Cc1cccc(C)c1NC(=O)CNC(=O)[C@H](C)Sc1ncc2ccccn12. The van der Waals surface area contributed by atoms with Crippen molar-refractivity contribution in [3.63, 3.8) is 0 Å². The van der Waals surface area contributed by atoms with Gasteiger partial charge in [-0.1, -0.05) is 36.0 Å². The Kier molecular flexibility index (Phi) is 5.81. The van der Waals surface area contributed by atoms with Crippen LogP contribution in [0.3, 0.4) is 0 Å². The first-order valence-corrected chi connectivity index (χ1v) is 9.56. The van der Waals surface area contributed by atoms with Crippen molar-refractivity contribution in [2.24, 2.45) is 0 Å². The lowest BCUT2D eigenvalue weighted by molar-refractivity contribution is -0.123. The number of anilines is 1. The van der Waals surface area contributed by atoms with Gasteiger partial charge in [0.25, 0.3) is 0 Å². The number of hydrogen-bond acceptors (Lipinski definition) is 4. The van der Waals surface area contributed by atoms with Gasteiger partial charge in [-0.25, -0.2) is 4.98 Å². The number of nitrogens with one attached hydrogen (secondary N) is 2. The smallest absolute Gasteiger partial charge is 0.243 e. The Bertz CT molecular complexity index is 963. The van der Waals surface area contributed by atoms with Gasteiger partial charge in [0.05, 0.1) is 23.5 Å². The fourth-order valence-corrected chi connectivity index (χ4v) is 3.62. The third kappa shape index (κ3) is 4.49. The summed E-state index contributed by atoms with van der Waals surface area (Å²) in [6.45, 7) is 5.61. The second kappa shape index (κ2) is 8.26. The standard InChI is InChI=1S/C20H22N4O2S/c1-13-7-6-8-14(2)18(13)23-17(25)12-21-19(26)15(3)27-20-22-11-16-9-4-5-10-24(16)20/h4-11,15H,12H2,1-3H3,(H,21,26)(H,23,25)/t15-/m0/s1. The lowest BCUT2D eigenvalue weighted by Crippen LogP contribution is -2.37. The largest absolute Gasteiger partial charge is 0.346 e. The summed E-state index contributed by atoms with van der Waals surface area (Å²) in [5.74, 6) is -0.450. The number of thioether (sulfide) groups is 1. The van der Waals surface area contributed by atoms with E-state index in [9.17, 15) is 9.59 Å². The molecule has 0 radical (unpaired) electrons. The van der Waals surface area contributed by atoms with Crippen LogP contribution in [-0.4, -0.2) is 33.0 Å². The number of rotatable bonds is 6. The molecule has 3 aromatic rings. The zero-order valence-corrected chi connectivity index (χ0v) is 16.3. The fourth-order valence-electron chi connectivity index (χ4n) is 2.72. The van der Waals surface area contributed by atoms with Crippen molar-refractivity contribution in [3.05, 3.63) is 59.9 Å². The van der Waals surface area contributed by atoms with E-state index in [2.05, 4.69) is 15.6 Å². The van der Waals surface area contributed by atoms with Crippen molar-refractivity contribution in [3.8, 4) is 0 Å². The van der Waals surface area contributed by atoms with Crippen LogP contribution < -0.4 is 10.6 Å². The molecule has 0 aliphatic carbocycles. The van der Waals surface area contributed by atoms with Crippen molar-refractivity contribution in [1.29, 1.82) is 0 Å². The molecule has 0 unspecified atom stereocenters.